The number of hydrogen-bond donors (Lipinski definition) is 2. The minimum absolute atomic E-state index is 0.0638. The number of rotatable bonds is 5. The molecular formula is C22H21F4N2O2P. The fourth-order valence-corrected chi connectivity index (χ4v) is 3.90. The lowest BCUT2D eigenvalue weighted by atomic mass is 10.0. The van der Waals surface area contributed by atoms with Gasteiger partial charge in [-0.1, -0.05) is 33.1 Å². The number of carbonyl (C=O) groups is 1. The molecule has 164 valence electrons. The summed E-state index contributed by atoms with van der Waals surface area (Å²) in [6, 6.07) is 8.13. The number of aliphatic hydroxyl groups is 1. The number of nitrogens with one attached hydrogen (secondary N) is 1. The van der Waals surface area contributed by atoms with E-state index in [1.165, 1.54) is 0 Å². The SMILES string of the molecule is Cc1ccc2c(=P)n([C@H](C)CO)ccc2c1NC(=O)Cc1cccc(C(F)(F)F)c1F. The Labute approximate surface area is 178 Å². The van der Waals surface area contributed by atoms with Gasteiger partial charge in [-0.15, -0.1) is 0 Å². The number of halogens is 4. The van der Waals surface area contributed by atoms with Crippen LogP contribution in [0.4, 0.5) is 23.2 Å². The number of aromatic nitrogens is 1. The molecule has 1 atom stereocenters. The third-order valence-corrected chi connectivity index (χ3v) is 5.64. The molecule has 0 saturated heterocycles. The predicted molar refractivity (Wildman–Crippen MR) is 114 cm³/mol. The second-order valence-electron chi connectivity index (χ2n) is 7.32. The summed E-state index contributed by atoms with van der Waals surface area (Å²) in [6.45, 7) is 3.56. The van der Waals surface area contributed by atoms with Gasteiger partial charge in [-0.05, 0) is 37.1 Å². The van der Waals surface area contributed by atoms with Gasteiger partial charge in [0.2, 0.25) is 5.91 Å². The lowest BCUT2D eigenvalue weighted by Gasteiger charge is -2.18. The average molecular weight is 452 g/mol. The Hall–Kier alpha value is -2.70. The fourth-order valence-electron chi connectivity index (χ4n) is 3.39. The quantitative estimate of drug-likeness (QED) is 0.396. The van der Waals surface area contributed by atoms with Crippen LogP contribution in [0.15, 0.2) is 42.6 Å². The minimum Gasteiger partial charge on any atom is -0.394 e. The number of hydrogen-bond acceptors (Lipinski definition) is 2. The number of alkyl halides is 3. The number of carbonyl (C=O) groups excluding carboxylic acids is 1. The molecule has 3 aromatic rings. The van der Waals surface area contributed by atoms with Crippen LogP contribution in [-0.2, 0) is 17.4 Å². The number of pyridine rings is 1. The molecule has 0 unspecified atom stereocenters. The lowest BCUT2D eigenvalue weighted by Crippen LogP contribution is -2.18. The summed E-state index contributed by atoms with van der Waals surface area (Å²) < 4.78 is 54.9. The van der Waals surface area contributed by atoms with Crippen molar-refractivity contribution in [2.75, 3.05) is 11.9 Å². The summed E-state index contributed by atoms with van der Waals surface area (Å²) in [5.74, 6) is -2.08. The van der Waals surface area contributed by atoms with Crippen LogP contribution in [0.3, 0.4) is 0 Å². The summed E-state index contributed by atoms with van der Waals surface area (Å²) >= 11 is 0. The zero-order valence-electron chi connectivity index (χ0n) is 16.8. The Morgan fingerprint density at radius 1 is 1.19 bits per heavy atom. The van der Waals surface area contributed by atoms with Crippen molar-refractivity contribution in [3.05, 3.63) is 70.2 Å². The molecule has 1 amide bonds. The first-order chi connectivity index (χ1) is 14.5. The number of aryl methyl sites for hydroxylation is 1. The highest BCUT2D eigenvalue weighted by Crippen LogP contribution is 2.33. The average Bonchev–Trinajstić information content (AvgIpc) is 2.70. The van der Waals surface area contributed by atoms with E-state index >= 15 is 0 Å². The highest BCUT2D eigenvalue weighted by molar-refractivity contribution is 7.07. The highest BCUT2D eigenvalue weighted by Gasteiger charge is 2.35. The second-order valence-corrected chi connectivity index (χ2v) is 7.80. The van der Waals surface area contributed by atoms with Crippen molar-refractivity contribution in [1.29, 1.82) is 0 Å². The van der Waals surface area contributed by atoms with Gasteiger partial charge < -0.3 is 15.0 Å². The molecule has 0 bridgehead atoms. The maximum atomic E-state index is 14.3. The first-order valence-corrected chi connectivity index (χ1v) is 9.99. The first kappa shape index (κ1) is 23.0. The summed E-state index contributed by atoms with van der Waals surface area (Å²) in [6.07, 6.45) is -3.62. The van der Waals surface area contributed by atoms with Crippen LogP contribution in [0.2, 0.25) is 0 Å². The molecule has 0 radical (unpaired) electrons. The molecule has 0 spiro atoms. The Balaban J connectivity index is 1.95. The third-order valence-electron chi connectivity index (χ3n) is 5.11. The Morgan fingerprint density at radius 2 is 1.90 bits per heavy atom. The molecule has 0 aliphatic carbocycles. The zero-order chi connectivity index (χ0) is 22.9. The van der Waals surface area contributed by atoms with Gasteiger partial charge in [-0.2, -0.15) is 13.2 Å². The van der Waals surface area contributed by atoms with E-state index in [1.807, 2.05) is 17.6 Å². The Bertz CT molecular complexity index is 1200. The summed E-state index contributed by atoms with van der Waals surface area (Å²) in [4.78, 5) is 12.6. The van der Waals surface area contributed by atoms with Crippen LogP contribution in [0.25, 0.3) is 10.8 Å². The van der Waals surface area contributed by atoms with Crippen molar-refractivity contribution in [1.82, 2.24) is 4.57 Å². The van der Waals surface area contributed by atoms with E-state index < -0.39 is 29.9 Å². The minimum atomic E-state index is -4.84. The van der Waals surface area contributed by atoms with Gasteiger partial charge in [0.25, 0.3) is 0 Å². The molecule has 1 heterocycles. The zero-order valence-corrected chi connectivity index (χ0v) is 17.8. The van der Waals surface area contributed by atoms with E-state index in [4.69, 9.17) is 0 Å². The van der Waals surface area contributed by atoms with Crippen molar-refractivity contribution in [3.63, 3.8) is 0 Å². The molecular weight excluding hydrogens is 431 g/mol. The van der Waals surface area contributed by atoms with Gasteiger partial charge in [0.1, 0.15) is 5.82 Å². The van der Waals surface area contributed by atoms with Crippen LogP contribution in [0, 0.1) is 17.8 Å². The van der Waals surface area contributed by atoms with Crippen LogP contribution < -0.4 is 5.32 Å². The van der Waals surface area contributed by atoms with Gasteiger partial charge >= 0.3 is 6.18 Å². The number of anilines is 1. The van der Waals surface area contributed by atoms with Gasteiger partial charge in [-0.3, -0.25) is 4.79 Å². The number of aliphatic hydroxyl groups excluding tert-OH is 1. The number of fused-ring (bicyclic) bond motifs is 1. The van der Waals surface area contributed by atoms with Crippen molar-refractivity contribution in [3.8, 4) is 0 Å². The molecule has 3 rings (SSSR count). The van der Waals surface area contributed by atoms with E-state index in [1.54, 1.807) is 25.3 Å². The maximum Gasteiger partial charge on any atom is 0.419 e. The number of benzene rings is 2. The molecule has 4 nitrogen and oxygen atoms in total. The third kappa shape index (κ3) is 4.65. The van der Waals surface area contributed by atoms with E-state index in [-0.39, 0.29) is 18.2 Å². The molecule has 0 saturated carbocycles. The molecule has 9 heteroatoms. The topological polar surface area (TPSA) is 54.3 Å². The summed E-state index contributed by atoms with van der Waals surface area (Å²) in [7, 11) is 3.58. The normalized spacial score (nSPS) is 12.7. The predicted octanol–water partition coefficient (Wildman–Crippen LogP) is 5.52. The standard InChI is InChI=1S/C22H21F4N2O2P/c1-12-6-7-16-15(8-9-28(21(16)31)13(2)11-29)20(12)27-18(30)10-14-4-3-5-17(19(14)23)22(24,25)26/h3-9,13,29,31H,10-11H2,1-2H3,(H,27,30)/t13-/m1/s1. The van der Waals surface area contributed by atoms with Crippen LogP contribution >= 0.6 is 8.86 Å². The second kappa shape index (κ2) is 8.81. The van der Waals surface area contributed by atoms with Gasteiger partial charge in [0.05, 0.1) is 35.4 Å². The molecule has 31 heavy (non-hydrogen) atoms. The van der Waals surface area contributed by atoms with Crippen LogP contribution in [0.5, 0.6) is 0 Å². The molecule has 1 aromatic heterocycles. The molecule has 0 fully saturated rings. The van der Waals surface area contributed by atoms with Crippen molar-refractivity contribution < 1.29 is 27.5 Å². The largest absolute Gasteiger partial charge is 0.419 e. The van der Waals surface area contributed by atoms with Gasteiger partial charge in [-0.25, -0.2) is 4.39 Å². The van der Waals surface area contributed by atoms with E-state index in [9.17, 15) is 27.5 Å². The smallest absolute Gasteiger partial charge is 0.394 e. The first-order valence-electron chi connectivity index (χ1n) is 9.49. The van der Waals surface area contributed by atoms with E-state index in [0.29, 0.717) is 22.2 Å². The Morgan fingerprint density at radius 3 is 2.55 bits per heavy atom. The van der Waals surface area contributed by atoms with E-state index in [0.717, 1.165) is 23.1 Å². The van der Waals surface area contributed by atoms with Gasteiger partial charge in [0.15, 0.2) is 0 Å². The molecule has 0 aliphatic rings. The highest BCUT2D eigenvalue weighted by atomic mass is 31.0. The Kier molecular flexibility index (Phi) is 6.53. The van der Waals surface area contributed by atoms with Crippen LogP contribution in [0.1, 0.15) is 29.7 Å². The van der Waals surface area contributed by atoms with Gasteiger partial charge in [0, 0.05) is 17.0 Å². The van der Waals surface area contributed by atoms with Crippen molar-refractivity contribution in [2.45, 2.75) is 32.5 Å². The molecule has 0 aliphatic heterocycles. The maximum absolute atomic E-state index is 14.3. The van der Waals surface area contributed by atoms with Crippen molar-refractivity contribution >= 4 is 31.2 Å². The molecule has 2 aromatic carbocycles. The van der Waals surface area contributed by atoms with E-state index in [2.05, 4.69) is 14.2 Å². The molecule has 2 N–H and O–H groups in total. The summed E-state index contributed by atoms with van der Waals surface area (Å²) in [5, 5.41) is 14.3. The fraction of sp³-hybridized carbons (Fsp3) is 0.273. The lowest BCUT2D eigenvalue weighted by molar-refractivity contribution is -0.140. The monoisotopic (exact) mass is 452 g/mol. The number of amides is 1. The van der Waals surface area contributed by atoms with Crippen LogP contribution in [-0.4, -0.2) is 22.2 Å². The number of nitrogens with zero attached hydrogens (tertiary/aromatic N) is 1. The summed E-state index contributed by atoms with van der Waals surface area (Å²) in [5.41, 5.74) is -0.506. The van der Waals surface area contributed by atoms with Crippen molar-refractivity contribution in [2.24, 2.45) is 0 Å².